The zero-order valence-corrected chi connectivity index (χ0v) is 14.0. The maximum Gasteiger partial charge on any atom is 0.229 e. The van der Waals surface area contributed by atoms with Crippen molar-refractivity contribution < 1.29 is 4.79 Å². The maximum atomic E-state index is 12.4. The fraction of sp³-hybridized carbons (Fsp3) is 0.222. The van der Waals surface area contributed by atoms with Gasteiger partial charge in [0.1, 0.15) is 0 Å². The van der Waals surface area contributed by atoms with Gasteiger partial charge in [-0.05, 0) is 42.5 Å². The first kappa shape index (κ1) is 15.0. The largest absolute Gasteiger partial charge is 0.300 e. The number of aromatic nitrogens is 3. The van der Waals surface area contributed by atoms with Gasteiger partial charge in [0, 0.05) is 23.9 Å². The van der Waals surface area contributed by atoms with Crippen molar-refractivity contribution in [3.8, 4) is 10.6 Å². The molecule has 0 aliphatic heterocycles. The molecule has 24 heavy (non-hydrogen) atoms. The molecule has 2 heterocycles. The SMILES string of the molecule is Cc1ccccc1[C@H]1C[C@@H]1C(=O)Nc1nnc(-c2cccnc2)s1. The lowest BCUT2D eigenvalue weighted by atomic mass is 10.0. The third-order valence-corrected chi connectivity index (χ3v) is 5.17. The minimum Gasteiger partial charge on any atom is -0.300 e. The van der Waals surface area contributed by atoms with Crippen LogP contribution in [0.3, 0.4) is 0 Å². The van der Waals surface area contributed by atoms with Crippen LogP contribution in [0.25, 0.3) is 10.6 Å². The van der Waals surface area contributed by atoms with Crippen molar-refractivity contribution in [1.82, 2.24) is 15.2 Å². The van der Waals surface area contributed by atoms with Gasteiger partial charge in [0.05, 0.1) is 0 Å². The summed E-state index contributed by atoms with van der Waals surface area (Å²) < 4.78 is 0. The summed E-state index contributed by atoms with van der Waals surface area (Å²) in [4.78, 5) is 16.5. The van der Waals surface area contributed by atoms with Crippen LogP contribution in [-0.4, -0.2) is 21.1 Å². The Morgan fingerprint density at radius 2 is 2.08 bits per heavy atom. The van der Waals surface area contributed by atoms with Gasteiger partial charge in [-0.15, -0.1) is 10.2 Å². The molecule has 3 aromatic rings. The molecule has 6 heteroatoms. The van der Waals surface area contributed by atoms with E-state index < -0.39 is 0 Å². The Labute approximate surface area is 143 Å². The van der Waals surface area contributed by atoms with Crippen LogP contribution in [0.4, 0.5) is 5.13 Å². The Morgan fingerprint density at radius 3 is 2.88 bits per heavy atom. The lowest BCUT2D eigenvalue weighted by Gasteiger charge is -2.04. The molecule has 0 saturated heterocycles. The van der Waals surface area contributed by atoms with E-state index in [0.29, 0.717) is 11.0 Å². The minimum atomic E-state index is 0.0249. The first-order chi connectivity index (χ1) is 11.7. The van der Waals surface area contributed by atoms with Crippen LogP contribution in [0.15, 0.2) is 48.8 Å². The van der Waals surface area contributed by atoms with Crippen molar-refractivity contribution in [2.24, 2.45) is 5.92 Å². The first-order valence-corrected chi connectivity index (χ1v) is 8.64. The number of anilines is 1. The zero-order valence-electron chi connectivity index (χ0n) is 13.1. The lowest BCUT2D eigenvalue weighted by Crippen LogP contribution is -2.14. The second kappa shape index (κ2) is 6.13. The van der Waals surface area contributed by atoms with Crippen LogP contribution in [0.2, 0.25) is 0 Å². The van der Waals surface area contributed by atoms with E-state index in [-0.39, 0.29) is 11.8 Å². The maximum absolute atomic E-state index is 12.4. The standard InChI is InChI=1S/C18H16N4OS/c1-11-5-2-3-7-13(11)14-9-15(14)16(23)20-18-22-21-17(24-18)12-6-4-8-19-10-12/h2-8,10,14-15H,9H2,1H3,(H,20,22,23)/t14-,15+/m1/s1. The molecule has 1 aliphatic rings. The number of benzene rings is 1. The highest BCUT2D eigenvalue weighted by molar-refractivity contribution is 7.18. The van der Waals surface area contributed by atoms with E-state index in [1.165, 1.54) is 22.5 Å². The minimum absolute atomic E-state index is 0.0249. The summed E-state index contributed by atoms with van der Waals surface area (Å²) in [6.07, 6.45) is 4.35. The van der Waals surface area contributed by atoms with Gasteiger partial charge >= 0.3 is 0 Å². The molecule has 4 rings (SSSR count). The highest BCUT2D eigenvalue weighted by Gasteiger charge is 2.44. The highest BCUT2D eigenvalue weighted by atomic mass is 32.1. The third-order valence-electron chi connectivity index (χ3n) is 4.28. The topological polar surface area (TPSA) is 67.8 Å². The van der Waals surface area contributed by atoms with Crippen LogP contribution < -0.4 is 5.32 Å². The zero-order chi connectivity index (χ0) is 16.5. The van der Waals surface area contributed by atoms with Crippen LogP contribution in [0.5, 0.6) is 0 Å². The number of amides is 1. The van der Waals surface area contributed by atoms with Crippen LogP contribution >= 0.6 is 11.3 Å². The molecule has 1 aliphatic carbocycles. The predicted molar refractivity (Wildman–Crippen MR) is 93.8 cm³/mol. The van der Waals surface area contributed by atoms with Crippen molar-refractivity contribution in [3.05, 3.63) is 59.9 Å². The van der Waals surface area contributed by atoms with Crippen LogP contribution in [0.1, 0.15) is 23.5 Å². The molecule has 5 nitrogen and oxygen atoms in total. The second-order valence-electron chi connectivity index (χ2n) is 5.95. The highest BCUT2D eigenvalue weighted by Crippen LogP contribution is 2.49. The molecule has 0 unspecified atom stereocenters. The number of nitrogens with zero attached hydrogens (tertiary/aromatic N) is 3. The Bertz CT molecular complexity index is 877. The number of carbonyl (C=O) groups excluding carboxylic acids is 1. The normalized spacial score (nSPS) is 19.0. The molecule has 1 saturated carbocycles. The van der Waals surface area contributed by atoms with Gasteiger partial charge in [-0.2, -0.15) is 0 Å². The van der Waals surface area contributed by atoms with Crippen molar-refractivity contribution in [1.29, 1.82) is 0 Å². The second-order valence-corrected chi connectivity index (χ2v) is 6.93. The number of rotatable bonds is 4. The number of aryl methyl sites for hydroxylation is 1. The Kier molecular flexibility index (Phi) is 3.82. The van der Waals surface area contributed by atoms with E-state index in [0.717, 1.165) is 17.0 Å². The smallest absolute Gasteiger partial charge is 0.229 e. The van der Waals surface area contributed by atoms with Gasteiger partial charge in [0.25, 0.3) is 0 Å². The summed E-state index contributed by atoms with van der Waals surface area (Å²) >= 11 is 1.37. The molecule has 2 atom stereocenters. The van der Waals surface area contributed by atoms with Gasteiger partial charge in [0.2, 0.25) is 11.0 Å². The molecule has 2 aromatic heterocycles. The van der Waals surface area contributed by atoms with E-state index in [4.69, 9.17) is 0 Å². The van der Waals surface area contributed by atoms with Gasteiger partial charge in [-0.3, -0.25) is 9.78 Å². The predicted octanol–water partition coefficient (Wildman–Crippen LogP) is 3.65. The molecule has 120 valence electrons. The number of hydrogen-bond donors (Lipinski definition) is 1. The van der Waals surface area contributed by atoms with E-state index >= 15 is 0 Å². The molecule has 1 aromatic carbocycles. The van der Waals surface area contributed by atoms with Gasteiger partial charge in [0.15, 0.2) is 5.01 Å². The summed E-state index contributed by atoms with van der Waals surface area (Å²) in [5.74, 6) is 0.367. The van der Waals surface area contributed by atoms with E-state index in [1.807, 2.05) is 24.3 Å². The van der Waals surface area contributed by atoms with Crippen LogP contribution in [-0.2, 0) is 4.79 Å². The van der Waals surface area contributed by atoms with Crippen molar-refractivity contribution in [2.45, 2.75) is 19.3 Å². The Morgan fingerprint density at radius 1 is 1.21 bits per heavy atom. The summed E-state index contributed by atoms with van der Waals surface area (Å²) in [6.45, 7) is 2.09. The quantitative estimate of drug-likeness (QED) is 0.789. The molecule has 1 N–H and O–H groups in total. The molecular weight excluding hydrogens is 320 g/mol. The third kappa shape index (κ3) is 2.92. The number of carbonyl (C=O) groups is 1. The van der Waals surface area contributed by atoms with E-state index in [9.17, 15) is 4.79 Å². The first-order valence-electron chi connectivity index (χ1n) is 7.82. The Hall–Kier alpha value is -2.60. The van der Waals surface area contributed by atoms with Crippen molar-refractivity contribution >= 4 is 22.4 Å². The average Bonchev–Trinajstić information content (AvgIpc) is 3.27. The Balaban J connectivity index is 1.43. The van der Waals surface area contributed by atoms with Gasteiger partial charge in [-0.25, -0.2) is 0 Å². The molecule has 0 bridgehead atoms. The number of hydrogen-bond acceptors (Lipinski definition) is 5. The lowest BCUT2D eigenvalue weighted by molar-refractivity contribution is -0.117. The molecule has 0 spiro atoms. The van der Waals surface area contributed by atoms with Crippen molar-refractivity contribution in [3.63, 3.8) is 0 Å². The average molecular weight is 336 g/mol. The monoisotopic (exact) mass is 336 g/mol. The van der Waals surface area contributed by atoms with Crippen LogP contribution in [0, 0.1) is 12.8 Å². The van der Waals surface area contributed by atoms with E-state index in [1.54, 1.807) is 12.4 Å². The van der Waals surface area contributed by atoms with Crippen molar-refractivity contribution in [2.75, 3.05) is 5.32 Å². The van der Waals surface area contributed by atoms with E-state index in [2.05, 4.69) is 39.6 Å². The van der Waals surface area contributed by atoms with Gasteiger partial charge < -0.3 is 5.32 Å². The molecular formula is C18H16N4OS. The summed E-state index contributed by atoms with van der Waals surface area (Å²) in [7, 11) is 0. The molecule has 1 amide bonds. The number of nitrogens with one attached hydrogen (secondary N) is 1. The summed E-state index contributed by atoms with van der Waals surface area (Å²) in [5.41, 5.74) is 3.42. The fourth-order valence-corrected chi connectivity index (χ4v) is 3.65. The fourth-order valence-electron chi connectivity index (χ4n) is 2.91. The van der Waals surface area contributed by atoms with Gasteiger partial charge in [-0.1, -0.05) is 35.6 Å². The molecule has 1 fully saturated rings. The molecule has 0 radical (unpaired) electrons. The summed E-state index contributed by atoms with van der Waals surface area (Å²) in [6, 6.07) is 12.0. The number of pyridine rings is 1. The summed E-state index contributed by atoms with van der Waals surface area (Å²) in [5, 5.41) is 12.4.